The molecule has 0 spiro atoms. The van der Waals surface area contributed by atoms with E-state index in [1.54, 1.807) is 30.8 Å². The van der Waals surface area contributed by atoms with Gasteiger partial charge < -0.3 is 10.1 Å². The Kier molecular flexibility index (Phi) is 6.30. The Balaban J connectivity index is 1.77. The van der Waals surface area contributed by atoms with E-state index in [-0.39, 0.29) is 5.91 Å². The van der Waals surface area contributed by atoms with Gasteiger partial charge in [0.2, 0.25) is 5.91 Å². The van der Waals surface area contributed by atoms with Crippen LogP contribution in [0.3, 0.4) is 0 Å². The molecular weight excluding hydrogens is 286 g/mol. The van der Waals surface area contributed by atoms with Gasteiger partial charge in [0.15, 0.2) is 0 Å². The molecule has 112 valence electrons. The van der Waals surface area contributed by atoms with Crippen molar-refractivity contribution in [1.82, 2.24) is 15.3 Å². The van der Waals surface area contributed by atoms with E-state index in [9.17, 15) is 4.79 Å². The Bertz CT molecular complexity index is 557. The van der Waals surface area contributed by atoms with Crippen molar-refractivity contribution in [3.8, 4) is 11.3 Å². The standard InChI is InChI=1S/C15H19N3O2S/c1-20-10-2-7-17-14(19)3-4-15-18-13(11-21-15)12-5-8-16-9-6-12/h5-6,8-9,11H,2-4,7,10H2,1H3,(H,17,19). The number of nitrogens with zero attached hydrogens (tertiary/aromatic N) is 2. The summed E-state index contributed by atoms with van der Waals surface area (Å²) >= 11 is 1.59. The molecule has 6 heteroatoms. The zero-order chi connectivity index (χ0) is 14.9. The quantitative estimate of drug-likeness (QED) is 0.760. The average Bonchev–Trinajstić information content (AvgIpc) is 2.99. The predicted molar refractivity (Wildman–Crippen MR) is 83.2 cm³/mol. The number of hydrogen-bond donors (Lipinski definition) is 1. The maximum Gasteiger partial charge on any atom is 0.220 e. The van der Waals surface area contributed by atoms with Gasteiger partial charge in [-0.15, -0.1) is 11.3 Å². The van der Waals surface area contributed by atoms with E-state index in [4.69, 9.17) is 4.74 Å². The maximum absolute atomic E-state index is 11.7. The smallest absolute Gasteiger partial charge is 0.220 e. The number of aryl methyl sites for hydroxylation is 1. The lowest BCUT2D eigenvalue weighted by molar-refractivity contribution is -0.121. The Morgan fingerprint density at radius 2 is 2.19 bits per heavy atom. The van der Waals surface area contributed by atoms with Gasteiger partial charge in [0, 0.05) is 56.4 Å². The summed E-state index contributed by atoms with van der Waals surface area (Å²) in [7, 11) is 1.66. The third-order valence-electron chi connectivity index (χ3n) is 2.94. The van der Waals surface area contributed by atoms with Crippen LogP contribution in [0.5, 0.6) is 0 Å². The largest absolute Gasteiger partial charge is 0.385 e. The highest BCUT2D eigenvalue weighted by Gasteiger charge is 2.07. The van der Waals surface area contributed by atoms with Gasteiger partial charge in [-0.3, -0.25) is 9.78 Å². The van der Waals surface area contributed by atoms with Crippen molar-refractivity contribution >= 4 is 17.2 Å². The highest BCUT2D eigenvalue weighted by molar-refractivity contribution is 7.09. The van der Waals surface area contributed by atoms with Crippen LogP contribution in [0.4, 0.5) is 0 Å². The Hall–Kier alpha value is -1.79. The summed E-state index contributed by atoms with van der Waals surface area (Å²) in [5.41, 5.74) is 1.99. The zero-order valence-corrected chi connectivity index (χ0v) is 12.9. The predicted octanol–water partition coefficient (Wildman–Crippen LogP) is 2.29. The summed E-state index contributed by atoms with van der Waals surface area (Å²) in [6.45, 7) is 1.33. The minimum absolute atomic E-state index is 0.0618. The van der Waals surface area contributed by atoms with Gasteiger partial charge in [-0.25, -0.2) is 4.98 Å². The fraction of sp³-hybridized carbons (Fsp3) is 0.400. The first-order valence-electron chi connectivity index (χ1n) is 6.90. The van der Waals surface area contributed by atoms with Crippen LogP contribution in [0.15, 0.2) is 29.9 Å². The number of thiazole rings is 1. The van der Waals surface area contributed by atoms with Gasteiger partial charge in [-0.2, -0.15) is 0 Å². The molecule has 0 unspecified atom stereocenters. The number of amides is 1. The minimum atomic E-state index is 0.0618. The molecule has 2 heterocycles. The summed E-state index contributed by atoms with van der Waals surface area (Å²) < 4.78 is 4.93. The van der Waals surface area contributed by atoms with Crippen LogP contribution < -0.4 is 5.32 Å². The fourth-order valence-electron chi connectivity index (χ4n) is 1.83. The number of carbonyl (C=O) groups excluding carboxylic acids is 1. The molecule has 0 aliphatic carbocycles. The number of rotatable bonds is 8. The number of ether oxygens (including phenoxy) is 1. The number of nitrogens with one attached hydrogen (secondary N) is 1. The molecular formula is C15H19N3O2S. The first-order chi connectivity index (χ1) is 10.3. The van der Waals surface area contributed by atoms with E-state index in [0.717, 1.165) is 22.7 Å². The molecule has 0 fully saturated rings. The average molecular weight is 305 g/mol. The SMILES string of the molecule is COCCCNC(=O)CCc1nc(-c2ccncc2)cs1. The van der Waals surface area contributed by atoms with Crippen LogP contribution in [0, 0.1) is 0 Å². The molecule has 0 aromatic carbocycles. The number of hydrogen-bond acceptors (Lipinski definition) is 5. The molecule has 0 bridgehead atoms. The van der Waals surface area contributed by atoms with Crippen LogP contribution in [0.2, 0.25) is 0 Å². The number of methoxy groups -OCH3 is 1. The second-order valence-corrected chi connectivity index (χ2v) is 5.50. The molecule has 0 radical (unpaired) electrons. The van der Waals surface area contributed by atoms with E-state index >= 15 is 0 Å². The lowest BCUT2D eigenvalue weighted by Crippen LogP contribution is -2.25. The lowest BCUT2D eigenvalue weighted by atomic mass is 10.2. The van der Waals surface area contributed by atoms with Crippen LogP contribution in [0.25, 0.3) is 11.3 Å². The fourth-order valence-corrected chi connectivity index (χ4v) is 2.64. The summed E-state index contributed by atoms with van der Waals surface area (Å²) in [5, 5.41) is 5.87. The van der Waals surface area contributed by atoms with Crippen molar-refractivity contribution < 1.29 is 9.53 Å². The van der Waals surface area contributed by atoms with Crippen molar-refractivity contribution in [3.05, 3.63) is 34.9 Å². The highest BCUT2D eigenvalue weighted by atomic mass is 32.1. The van der Waals surface area contributed by atoms with E-state index in [2.05, 4.69) is 15.3 Å². The summed E-state index contributed by atoms with van der Waals surface area (Å²) in [6.07, 6.45) is 5.48. The molecule has 0 aliphatic rings. The molecule has 0 aliphatic heterocycles. The van der Waals surface area contributed by atoms with Crippen molar-refractivity contribution in [2.45, 2.75) is 19.3 Å². The molecule has 2 aromatic heterocycles. The minimum Gasteiger partial charge on any atom is -0.385 e. The summed E-state index contributed by atoms with van der Waals surface area (Å²) in [6, 6.07) is 3.86. The van der Waals surface area contributed by atoms with E-state index < -0.39 is 0 Å². The van der Waals surface area contributed by atoms with Crippen LogP contribution in [-0.4, -0.2) is 36.1 Å². The molecule has 0 saturated heterocycles. The molecule has 0 atom stereocenters. The van der Waals surface area contributed by atoms with E-state index in [0.29, 0.717) is 26.0 Å². The highest BCUT2D eigenvalue weighted by Crippen LogP contribution is 2.21. The summed E-state index contributed by atoms with van der Waals surface area (Å²) in [4.78, 5) is 20.2. The Morgan fingerprint density at radius 1 is 1.38 bits per heavy atom. The first kappa shape index (κ1) is 15.6. The zero-order valence-electron chi connectivity index (χ0n) is 12.0. The number of pyridine rings is 1. The van der Waals surface area contributed by atoms with Crippen molar-refractivity contribution in [2.75, 3.05) is 20.3 Å². The van der Waals surface area contributed by atoms with Crippen molar-refractivity contribution in [3.63, 3.8) is 0 Å². The molecule has 5 nitrogen and oxygen atoms in total. The first-order valence-corrected chi connectivity index (χ1v) is 7.78. The van der Waals surface area contributed by atoms with Crippen LogP contribution in [-0.2, 0) is 16.0 Å². The van der Waals surface area contributed by atoms with Crippen LogP contribution in [0.1, 0.15) is 17.8 Å². The third-order valence-corrected chi connectivity index (χ3v) is 3.85. The van der Waals surface area contributed by atoms with Crippen molar-refractivity contribution in [1.29, 1.82) is 0 Å². The van der Waals surface area contributed by atoms with Gasteiger partial charge >= 0.3 is 0 Å². The van der Waals surface area contributed by atoms with E-state index in [1.807, 2.05) is 17.5 Å². The Morgan fingerprint density at radius 3 is 2.95 bits per heavy atom. The molecule has 0 saturated carbocycles. The molecule has 1 N–H and O–H groups in total. The normalized spacial score (nSPS) is 10.5. The maximum atomic E-state index is 11.7. The number of carbonyl (C=O) groups is 1. The van der Waals surface area contributed by atoms with Gasteiger partial charge in [-0.05, 0) is 18.6 Å². The lowest BCUT2D eigenvalue weighted by Gasteiger charge is -2.03. The topological polar surface area (TPSA) is 64.1 Å². The third kappa shape index (κ3) is 5.24. The second kappa shape index (κ2) is 8.49. The van der Waals surface area contributed by atoms with Gasteiger partial charge in [0.25, 0.3) is 0 Å². The molecule has 2 aromatic rings. The number of aromatic nitrogens is 2. The summed E-state index contributed by atoms with van der Waals surface area (Å²) in [5.74, 6) is 0.0618. The van der Waals surface area contributed by atoms with Gasteiger partial charge in [0.1, 0.15) is 0 Å². The molecule has 21 heavy (non-hydrogen) atoms. The Labute approximate surface area is 128 Å². The van der Waals surface area contributed by atoms with E-state index in [1.165, 1.54) is 0 Å². The second-order valence-electron chi connectivity index (χ2n) is 4.56. The monoisotopic (exact) mass is 305 g/mol. The molecule has 1 amide bonds. The van der Waals surface area contributed by atoms with Crippen molar-refractivity contribution in [2.24, 2.45) is 0 Å². The molecule has 2 rings (SSSR count). The van der Waals surface area contributed by atoms with Crippen LogP contribution >= 0.6 is 11.3 Å². The van der Waals surface area contributed by atoms with Gasteiger partial charge in [-0.1, -0.05) is 0 Å². The van der Waals surface area contributed by atoms with Gasteiger partial charge in [0.05, 0.1) is 10.7 Å².